The van der Waals surface area contributed by atoms with E-state index in [1.165, 1.54) is 24.3 Å². The van der Waals surface area contributed by atoms with Crippen LogP contribution in [0, 0.1) is 6.92 Å². The molecular formula is C26H23NO6S. The molecule has 7 nitrogen and oxygen atoms in total. The van der Waals surface area contributed by atoms with Gasteiger partial charge in [0.25, 0.3) is 0 Å². The Hall–Kier alpha value is -3.91. The highest BCUT2D eigenvalue weighted by molar-refractivity contribution is 7.90. The number of carbonyl (C=O) groups is 1. The van der Waals surface area contributed by atoms with Crippen molar-refractivity contribution < 1.29 is 22.7 Å². The molecule has 0 aliphatic heterocycles. The number of aryl methyl sites for hydroxylation is 1. The van der Waals surface area contributed by atoms with Crippen LogP contribution in [0.3, 0.4) is 0 Å². The molecular weight excluding hydrogens is 454 g/mol. The quantitative estimate of drug-likeness (QED) is 0.400. The zero-order valence-corrected chi connectivity index (χ0v) is 19.6. The zero-order chi connectivity index (χ0) is 24.6. The van der Waals surface area contributed by atoms with Gasteiger partial charge in [-0.3, -0.25) is 4.79 Å². The van der Waals surface area contributed by atoms with Gasteiger partial charge in [-0.2, -0.15) is 0 Å². The van der Waals surface area contributed by atoms with E-state index in [9.17, 15) is 23.1 Å². The highest BCUT2D eigenvalue weighted by Crippen LogP contribution is 2.31. The number of hydrogen-bond donors (Lipinski definition) is 2. The number of aromatic carboxylic acids is 1. The number of benzene rings is 3. The maximum Gasteiger partial charge on any atom is 0.337 e. The van der Waals surface area contributed by atoms with Gasteiger partial charge in [-0.1, -0.05) is 18.2 Å². The summed E-state index contributed by atoms with van der Waals surface area (Å²) in [5.74, 6) is -0.739. The van der Waals surface area contributed by atoms with Crippen molar-refractivity contribution in [2.45, 2.75) is 24.8 Å². The van der Waals surface area contributed by atoms with Gasteiger partial charge in [0.1, 0.15) is 11.3 Å². The minimum absolute atomic E-state index is 0.138. The maximum absolute atomic E-state index is 13.0. The van der Waals surface area contributed by atoms with E-state index in [1.807, 2.05) is 19.9 Å². The van der Waals surface area contributed by atoms with E-state index in [0.717, 1.165) is 11.8 Å². The summed E-state index contributed by atoms with van der Waals surface area (Å²) in [5.41, 5.74) is 2.86. The van der Waals surface area contributed by atoms with Crippen molar-refractivity contribution in [2.24, 2.45) is 0 Å². The Balaban J connectivity index is 1.82. The lowest BCUT2D eigenvalue weighted by molar-refractivity contribution is 0.0698. The van der Waals surface area contributed by atoms with Crippen molar-refractivity contribution in [1.29, 1.82) is 0 Å². The smallest absolute Gasteiger partial charge is 0.337 e. The number of hydrogen-bond acceptors (Lipinski definition) is 6. The molecule has 2 N–H and O–H groups in total. The van der Waals surface area contributed by atoms with E-state index in [2.05, 4.69) is 5.32 Å². The normalized spacial score (nSPS) is 12.4. The van der Waals surface area contributed by atoms with Gasteiger partial charge < -0.3 is 14.8 Å². The van der Waals surface area contributed by atoms with Crippen molar-refractivity contribution in [3.8, 4) is 11.3 Å². The molecule has 3 aromatic carbocycles. The molecule has 0 aliphatic rings. The molecule has 4 aromatic rings. The molecule has 0 bridgehead atoms. The lowest BCUT2D eigenvalue weighted by atomic mass is 10.00. The Kier molecular flexibility index (Phi) is 6.01. The van der Waals surface area contributed by atoms with Gasteiger partial charge in [0, 0.05) is 29.1 Å². The Bertz CT molecular complexity index is 1570. The van der Waals surface area contributed by atoms with Crippen LogP contribution in [-0.2, 0) is 9.84 Å². The van der Waals surface area contributed by atoms with Gasteiger partial charge in [-0.25, -0.2) is 13.2 Å². The molecule has 174 valence electrons. The largest absolute Gasteiger partial charge is 0.478 e. The standard InChI is InChI=1S/C26H23NO6S/c1-15-12-20(16(2)27-22-7-5-4-6-19(22)26(29)30)25-21(13-15)23(28)14-24(33-25)17-8-10-18(11-9-17)34(3,31)32/h4-14,16,27H,1-3H3,(H,29,30). The molecule has 34 heavy (non-hydrogen) atoms. The number of fused-ring (bicyclic) bond motifs is 1. The molecule has 1 unspecified atom stereocenters. The number of rotatable bonds is 6. The summed E-state index contributed by atoms with van der Waals surface area (Å²) < 4.78 is 29.7. The SMILES string of the molecule is Cc1cc(C(C)Nc2ccccc2C(=O)O)c2oc(-c3ccc(S(C)(=O)=O)cc3)cc(=O)c2c1. The molecule has 0 aliphatic carbocycles. The summed E-state index contributed by atoms with van der Waals surface area (Å²) in [6, 6.07) is 17.4. The molecule has 0 fully saturated rings. The molecule has 8 heteroatoms. The second kappa shape index (κ2) is 8.79. The first kappa shape index (κ1) is 23.3. The fourth-order valence-electron chi connectivity index (χ4n) is 3.87. The third kappa shape index (κ3) is 4.58. The molecule has 4 rings (SSSR count). The number of sulfone groups is 1. The van der Waals surface area contributed by atoms with Crippen LogP contribution in [0.15, 0.2) is 80.8 Å². The molecule has 0 amide bonds. The van der Waals surface area contributed by atoms with Crippen molar-refractivity contribution in [1.82, 2.24) is 0 Å². The third-order valence-electron chi connectivity index (χ3n) is 5.56. The number of carboxylic acids is 1. The first-order valence-corrected chi connectivity index (χ1v) is 12.4. The minimum Gasteiger partial charge on any atom is -0.478 e. The summed E-state index contributed by atoms with van der Waals surface area (Å²) in [6.07, 6.45) is 1.13. The average molecular weight is 478 g/mol. The van der Waals surface area contributed by atoms with Crippen LogP contribution < -0.4 is 10.7 Å². The first-order valence-electron chi connectivity index (χ1n) is 10.5. The van der Waals surface area contributed by atoms with Crippen molar-refractivity contribution >= 4 is 32.5 Å². The Morgan fingerprint density at radius 2 is 1.71 bits per heavy atom. The maximum atomic E-state index is 13.0. The average Bonchev–Trinajstić information content (AvgIpc) is 2.78. The predicted molar refractivity (Wildman–Crippen MR) is 131 cm³/mol. The third-order valence-corrected chi connectivity index (χ3v) is 6.69. The molecule has 1 atom stereocenters. The van der Waals surface area contributed by atoms with E-state index < -0.39 is 15.8 Å². The van der Waals surface area contributed by atoms with Crippen LogP contribution in [0.25, 0.3) is 22.3 Å². The molecule has 0 spiro atoms. The monoisotopic (exact) mass is 477 g/mol. The number of carboxylic acid groups (broad SMARTS) is 1. The topological polar surface area (TPSA) is 114 Å². The fraction of sp³-hybridized carbons (Fsp3) is 0.154. The lowest BCUT2D eigenvalue weighted by Gasteiger charge is -2.19. The Morgan fingerprint density at radius 3 is 2.35 bits per heavy atom. The summed E-state index contributed by atoms with van der Waals surface area (Å²) in [6.45, 7) is 3.73. The summed E-state index contributed by atoms with van der Waals surface area (Å²) in [5, 5.41) is 13.1. The number of nitrogens with one attached hydrogen (secondary N) is 1. The van der Waals surface area contributed by atoms with Gasteiger partial charge in [0.05, 0.1) is 21.9 Å². The van der Waals surface area contributed by atoms with Gasteiger partial charge in [0.2, 0.25) is 0 Å². The van der Waals surface area contributed by atoms with Crippen molar-refractivity contribution in [3.05, 3.63) is 93.6 Å². The highest BCUT2D eigenvalue weighted by atomic mass is 32.2. The van der Waals surface area contributed by atoms with Crippen LogP contribution in [-0.4, -0.2) is 25.7 Å². The van der Waals surface area contributed by atoms with Crippen LogP contribution in [0.4, 0.5) is 5.69 Å². The molecule has 0 saturated carbocycles. The summed E-state index contributed by atoms with van der Waals surface area (Å²) >= 11 is 0. The van der Waals surface area contributed by atoms with E-state index in [1.54, 1.807) is 36.4 Å². The minimum atomic E-state index is -3.35. The molecule has 1 heterocycles. The van der Waals surface area contributed by atoms with E-state index in [-0.39, 0.29) is 21.9 Å². The first-order chi connectivity index (χ1) is 16.0. The van der Waals surface area contributed by atoms with E-state index >= 15 is 0 Å². The Labute approximate surface area is 196 Å². The number of anilines is 1. The van der Waals surface area contributed by atoms with Gasteiger partial charge in [-0.15, -0.1) is 0 Å². The highest BCUT2D eigenvalue weighted by Gasteiger charge is 2.18. The second-order valence-corrected chi connectivity index (χ2v) is 10.2. The van der Waals surface area contributed by atoms with E-state index in [0.29, 0.717) is 33.5 Å². The van der Waals surface area contributed by atoms with Crippen LogP contribution >= 0.6 is 0 Å². The van der Waals surface area contributed by atoms with Crippen molar-refractivity contribution in [2.75, 3.05) is 11.6 Å². The molecule has 0 radical (unpaired) electrons. The Morgan fingerprint density at radius 1 is 1.03 bits per heavy atom. The number of para-hydroxylation sites is 1. The predicted octanol–water partition coefficient (Wildman–Crippen LogP) is 5.04. The van der Waals surface area contributed by atoms with E-state index in [4.69, 9.17) is 4.42 Å². The van der Waals surface area contributed by atoms with Gasteiger partial charge >= 0.3 is 5.97 Å². The second-order valence-electron chi connectivity index (χ2n) is 8.22. The molecule has 0 saturated heterocycles. The molecule has 1 aromatic heterocycles. The fourth-order valence-corrected chi connectivity index (χ4v) is 4.50. The van der Waals surface area contributed by atoms with Crippen molar-refractivity contribution in [3.63, 3.8) is 0 Å². The van der Waals surface area contributed by atoms with Gasteiger partial charge in [-0.05, 0) is 61.9 Å². The van der Waals surface area contributed by atoms with Gasteiger partial charge in [0.15, 0.2) is 15.3 Å². The summed E-state index contributed by atoms with van der Waals surface area (Å²) in [7, 11) is -3.35. The van der Waals surface area contributed by atoms with Crippen LogP contribution in [0.1, 0.15) is 34.5 Å². The lowest BCUT2D eigenvalue weighted by Crippen LogP contribution is -2.12. The van der Waals surface area contributed by atoms with Crippen LogP contribution in [0.2, 0.25) is 0 Å². The summed E-state index contributed by atoms with van der Waals surface area (Å²) in [4.78, 5) is 24.7. The van der Waals surface area contributed by atoms with Crippen LogP contribution in [0.5, 0.6) is 0 Å². The zero-order valence-electron chi connectivity index (χ0n) is 18.8.